The Labute approximate surface area is 120 Å². The fourth-order valence-corrected chi connectivity index (χ4v) is 2.17. The van der Waals surface area contributed by atoms with Gasteiger partial charge >= 0.3 is 0 Å². The molecular weight excluding hydrogens is 371 g/mol. The number of ether oxygens (including phenoxy) is 1. The van der Waals surface area contributed by atoms with Crippen LogP contribution in [-0.4, -0.2) is 9.97 Å². The zero-order valence-electron chi connectivity index (χ0n) is 8.75. The molecule has 0 fully saturated rings. The van der Waals surface area contributed by atoms with Crippen LogP contribution in [0.2, 0.25) is 5.02 Å². The van der Waals surface area contributed by atoms with Crippen molar-refractivity contribution in [2.45, 2.75) is 6.92 Å². The highest BCUT2D eigenvalue weighted by Crippen LogP contribution is 2.31. The van der Waals surface area contributed by atoms with E-state index in [-0.39, 0.29) is 0 Å². The summed E-state index contributed by atoms with van der Waals surface area (Å²) in [4.78, 5) is 8.26. The molecule has 0 unspecified atom stereocenters. The molecule has 0 atom stereocenters. The van der Waals surface area contributed by atoms with Gasteiger partial charge in [-0.1, -0.05) is 27.5 Å². The van der Waals surface area contributed by atoms with Crippen LogP contribution in [0.25, 0.3) is 0 Å². The van der Waals surface area contributed by atoms with Crippen LogP contribution in [0.3, 0.4) is 0 Å². The lowest BCUT2D eigenvalue weighted by molar-refractivity contribution is 0.459. The van der Waals surface area contributed by atoms with Crippen molar-refractivity contribution >= 4 is 43.5 Å². The van der Waals surface area contributed by atoms with Crippen molar-refractivity contribution in [1.29, 1.82) is 0 Å². The van der Waals surface area contributed by atoms with Crippen molar-refractivity contribution in [1.82, 2.24) is 9.97 Å². The quantitative estimate of drug-likeness (QED) is 0.707. The number of aromatic nitrogens is 2. The summed E-state index contributed by atoms with van der Waals surface area (Å²) in [6.45, 7) is 1.79. The molecule has 0 amide bonds. The molecule has 0 aliphatic rings. The van der Waals surface area contributed by atoms with E-state index < -0.39 is 0 Å². The van der Waals surface area contributed by atoms with Crippen LogP contribution >= 0.6 is 43.5 Å². The highest BCUT2D eigenvalue weighted by molar-refractivity contribution is 9.10. The fraction of sp³-hybridized carbons (Fsp3) is 0.0909. The smallest absolute Gasteiger partial charge is 0.223 e. The Hall–Kier alpha value is -0.650. The van der Waals surface area contributed by atoms with Crippen LogP contribution in [0.1, 0.15) is 5.82 Å². The van der Waals surface area contributed by atoms with Gasteiger partial charge in [-0.05, 0) is 41.1 Å². The summed E-state index contributed by atoms with van der Waals surface area (Å²) < 4.78 is 7.17. The largest absolute Gasteiger partial charge is 0.437 e. The highest BCUT2D eigenvalue weighted by Gasteiger charge is 2.06. The van der Waals surface area contributed by atoms with Crippen LogP contribution in [-0.2, 0) is 0 Å². The number of hydrogen-bond acceptors (Lipinski definition) is 3. The maximum absolute atomic E-state index is 6.02. The average molecular weight is 378 g/mol. The summed E-state index contributed by atoms with van der Waals surface area (Å²) in [6.07, 6.45) is 0. The first-order chi connectivity index (χ1) is 8.04. The van der Waals surface area contributed by atoms with Crippen LogP contribution in [0.4, 0.5) is 0 Å². The SMILES string of the molecule is Cc1nc(Br)cc(Oc2cc(Br)ccc2Cl)n1. The average Bonchev–Trinajstić information content (AvgIpc) is 2.22. The van der Waals surface area contributed by atoms with Crippen molar-refractivity contribution in [2.75, 3.05) is 0 Å². The van der Waals surface area contributed by atoms with Gasteiger partial charge in [-0.3, -0.25) is 0 Å². The zero-order valence-corrected chi connectivity index (χ0v) is 12.7. The molecule has 0 bridgehead atoms. The van der Waals surface area contributed by atoms with E-state index in [1.165, 1.54) is 0 Å². The van der Waals surface area contributed by atoms with E-state index in [2.05, 4.69) is 41.8 Å². The molecule has 1 aromatic carbocycles. The van der Waals surface area contributed by atoms with Gasteiger partial charge in [0.1, 0.15) is 16.2 Å². The van der Waals surface area contributed by atoms with E-state index in [4.69, 9.17) is 16.3 Å². The van der Waals surface area contributed by atoms with E-state index in [0.29, 0.717) is 27.1 Å². The monoisotopic (exact) mass is 376 g/mol. The Balaban J connectivity index is 2.34. The number of benzene rings is 1. The molecule has 0 saturated carbocycles. The molecule has 1 heterocycles. The van der Waals surface area contributed by atoms with Crippen LogP contribution in [0.5, 0.6) is 11.6 Å². The predicted molar refractivity (Wildman–Crippen MR) is 73.7 cm³/mol. The van der Waals surface area contributed by atoms with Gasteiger partial charge in [0.05, 0.1) is 5.02 Å². The summed E-state index contributed by atoms with van der Waals surface area (Å²) in [5, 5.41) is 0.528. The van der Waals surface area contributed by atoms with Gasteiger partial charge in [-0.25, -0.2) is 4.98 Å². The maximum Gasteiger partial charge on any atom is 0.223 e. The molecule has 0 saturated heterocycles. The molecular formula is C11H7Br2ClN2O. The summed E-state index contributed by atoms with van der Waals surface area (Å²) in [5.41, 5.74) is 0. The molecule has 17 heavy (non-hydrogen) atoms. The summed E-state index contributed by atoms with van der Waals surface area (Å²) >= 11 is 12.7. The number of nitrogens with zero attached hydrogens (tertiary/aromatic N) is 2. The van der Waals surface area contributed by atoms with Gasteiger partial charge in [0.25, 0.3) is 0 Å². The minimum absolute atomic E-state index is 0.448. The van der Waals surface area contributed by atoms with E-state index in [0.717, 1.165) is 4.47 Å². The summed E-state index contributed by atoms with van der Waals surface area (Å²) in [5.74, 6) is 1.62. The van der Waals surface area contributed by atoms with Gasteiger partial charge in [0.15, 0.2) is 0 Å². The van der Waals surface area contributed by atoms with E-state index in [9.17, 15) is 0 Å². The predicted octanol–water partition coefficient (Wildman–Crippen LogP) is 4.76. The Bertz CT molecular complexity index is 543. The van der Waals surface area contributed by atoms with Crippen molar-refractivity contribution in [2.24, 2.45) is 0 Å². The number of halogens is 3. The summed E-state index contributed by atoms with van der Waals surface area (Å²) in [6, 6.07) is 7.07. The molecule has 3 nitrogen and oxygen atoms in total. The summed E-state index contributed by atoms with van der Waals surface area (Å²) in [7, 11) is 0. The molecule has 0 N–H and O–H groups in total. The minimum atomic E-state index is 0.448. The molecule has 0 spiro atoms. The topological polar surface area (TPSA) is 35.0 Å². The normalized spacial score (nSPS) is 10.4. The highest BCUT2D eigenvalue weighted by atomic mass is 79.9. The van der Waals surface area contributed by atoms with Crippen molar-refractivity contribution in [3.63, 3.8) is 0 Å². The second kappa shape index (κ2) is 5.33. The molecule has 2 aromatic rings. The first-order valence-electron chi connectivity index (χ1n) is 4.69. The molecule has 88 valence electrons. The first kappa shape index (κ1) is 12.8. The Morgan fingerprint density at radius 1 is 1.18 bits per heavy atom. The van der Waals surface area contributed by atoms with Crippen LogP contribution < -0.4 is 4.74 Å². The molecule has 0 radical (unpaired) electrons. The van der Waals surface area contributed by atoms with E-state index in [1.807, 2.05) is 6.07 Å². The molecule has 0 aliphatic heterocycles. The van der Waals surface area contributed by atoms with Gasteiger partial charge in [-0.2, -0.15) is 4.98 Å². The second-order valence-corrected chi connectivity index (χ2v) is 5.39. The molecule has 0 aliphatic carbocycles. The van der Waals surface area contributed by atoms with Gasteiger partial charge in [-0.15, -0.1) is 0 Å². The van der Waals surface area contributed by atoms with Crippen LogP contribution in [0, 0.1) is 6.92 Å². The molecule has 6 heteroatoms. The maximum atomic E-state index is 6.02. The second-order valence-electron chi connectivity index (χ2n) is 3.25. The third kappa shape index (κ3) is 3.40. The van der Waals surface area contributed by atoms with Gasteiger partial charge in [0.2, 0.25) is 5.88 Å². The van der Waals surface area contributed by atoms with Crippen molar-refractivity contribution in [3.8, 4) is 11.6 Å². The lowest BCUT2D eigenvalue weighted by Crippen LogP contribution is -1.93. The molecule has 1 aromatic heterocycles. The zero-order chi connectivity index (χ0) is 12.4. The lowest BCUT2D eigenvalue weighted by atomic mass is 10.3. The third-order valence-electron chi connectivity index (χ3n) is 1.89. The lowest BCUT2D eigenvalue weighted by Gasteiger charge is -2.07. The Kier molecular flexibility index (Phi) is 4.01. The van der Waals surface area contributed by atoms with E-state index >= 15 is 0 Å². The minimum Gasteiger partial charge on any atom is -0.437 e. The number of hydrogen-bond donors (Lipinski definition) is 0. The fourth-order valence-electron chi connectivity index (χ4n) is 1.23. The van der Waals surface area contributed by atoms with Gasteiger partial charge in [0, 0.05) is 10.5 Å². The number of rotatable bonds is 2. The van der Waals surface area contributed by atoms with Crippen LogP contribution in [0.15, 0.2) is 33.3 Å². The molecule has 2 rings (SSSR count). The van der Waals surface area contributed by atoms with Gasteiger partial charge < -0.3 is 4.74 Å². The van der Waals surface area contributed by atoms with E-state index in [1.54, 1.807) is 25.1 Å². The number of aryl methyl sites for hydroxylation is 1. The van der Waals surface area contributed by atoms with Crippen molar-refractivity contribution < 1.29 is 4.74 Å². The standard InChI is InChI=1S/C11H7Br2ClN2O/c1-6-15-10(13)5-11(16-6)17-9-4-7(12)2-3-8(9)14/h2-5H,1H3. The van der Waals surface area contributed by atoms with Crippen molar-refractivity contribution in [3.05, 3.63) is 44.2 Å². The Morgan fingerprint density at radius 2 is 1.94 bits per heavy atom. The first-order valence-corrected chi connectivity index (χ1v) is 6.65. The Morgan fingerprint density at radius 3 is 2.65 bits per heavy atom. The third-order valence-corrected chi connectivity index (χ3v) is 3.10.